The number of nitrogens with one attached hydrogen (secondary N) is 1. The predicted molar refractivity (Wildman–Crippen MR) is 80.6 cm³/mol. The number of pyridine rings is 1. The molecule has 0 aliphatic heterocycles. The lowest BCUT2D eigenvalue weighted by Gasteiger charge is -2.11. The Hall–Kier alpha value is -1.58. The second-order valence-corrected chi connectivity index (χ2v) is 5.34. The Balaban J connectivity index is 2.29. The van der Waals surface area contributed by atoms with E-state index in [1.54, 1.807) is 19.2 Å². The number of rotatable bonds is 3. The van der Waals surface area contributed by atoms with Gasteiger partial charge in [-0.1, -0.05) is 0 Å². The maximum absolute atomic E-state index is 8.72. The summed E-state index contributed by atoms with van der Waals surface area (Å²) in [5, 5.41) is 11.9. The molecule has 0 atom stereocenters. The van der Waals surface area contributed by atoms with Gasteiger partial charge in [0.2, 0.25) is 0 Å². The van der Waals surface area contributed by atoms with Crippen molar-refractivity contribution in [3.05, 3.63) is 45.0 Å². The molecule has 19 heavy (non-hydrogen) atoms. The van der Waals surface area contributed by atoms with Crippen molar-refractivity contribution in [2.45, 2.75) is 0 Å². The molecule has 0 radical (unpaired) electrons. The standard InChI is InChI=1S/C13H9Br2N3O/c1-19-12-5-11(9(14)4-10(12)15)18-13-3-2-8(6-16)7-17-13/h2-5,7H,1H3,(H,17,18). The van der Waals surface area contributed by atoms with Crippen LogP contribution < -0.4 is 10.1 Å². The number of ether oxygens (including phenoxy) is 1. The van der Waals surface area contributed by atoms with E-state index in [1.807, 2.05) is 18.2 Å². The average Bonchev–Trinajstić information content (AvgIpc) is 2.42. The van der Waals surface area contributed by atoms with Crippen molar-refractivity contribution in [3.8, 4) is 11.8 Å². The van der Waals surface area contributed by atoms with Crippen molar-refractivity contribution >= 4 is 43.4 Å². The largest absolute Gasteiger partial charge is 0.495 e. The van der Waals surface area contributed by atoms with Crippen molar-refractivity contribution in [1.82, 2.24) is 4.98 Å². The van der Waals surface area contributed by atoms with E-state index in [2.05, 4.69) is 42.2 Å². The van der Waals surface area contributed by atoms with Gasteiger partial charge in [0.1, 0.15) is 17.6 Å². The molecule has 1 aromatic carbocycles. The van der Waals surface area contributed by atoms with Crippen LogP contribution in [0.15, 0.2) is 39.4 Å². The lowest BCUT2D eigenvalue weighted by atomic mass is 10.3. The van der Waals surface area contributed by atoms with Crippen LogP contribution in [0.25, 0.3) is 0 Å². The highest BCUT2D eigenvalue weighted by Gasteiger charge is 2.07. The van der Waals surface area contributed by atoms with Crippen LogP contribution in [0.1, 0.15) is 5.56 Å². The van der Waals surface area contributed by atoms with E-state index in [1.165, 1.54) is 6.20 Å². The van der Waals surface area contributed by atoms with E-state index in [0.717, 1.165) is 20.4 Å². The molecule has 1 aromatic heterocycles. The van der Waals surface area contributed by atoms with Gasteiger partial charge in [-0.2, -0.15) is 5.26 Å². The quantitative estimate of drug-likeness (QED) is 0.862. The lowest BCUT2D eigenvalue weighted by Crippen LogP contribution is -1.96. The third kappa shape index (κ3) is 3.25. The van der Waals surface area contributed by atoms with Gasteiger partial charge in [0.05, 0.1) is 22.8 Å². The SMILES string of the molecule is COc1cc(Nc2ccc(C#N)cn2)c(Br)cc1Br. The fourth-order valence-electron chi connectivity index (χ4n) is 1.45. The van der Waals surface area contributed by atoms with Gasteiger partial charge < -0.3 is 10.1 Å². The maximum Gasteiger partial charge on any atom is 0.135 e. The van der Waals surface area contributed by atoms with E-state index in [0.29, 0.717) is 11.4 Å². The van der Waals surface area contributed by atoms with Gasteiger partial charge in [-0.05, 0) is 50.1 Å². The third-order valence-corrected chi connectivity index (χ3v) is 3.67. The highest BCUT2D eigenvalue weighted by Crippen LogP contribution is 2.35. The number of hydrogen-bond donors (Lipinski definition) is 1. The molecule has 1 N–H and O–H groups in total. The Morgan fingerprint density at radius 2 is 2.05 bits per heavy atom. The van der Waals surface area contributed by atoms with E-state index in [9.17, 15) is 0 Å². The molecule has 0 saturated heterocycles. The van der Waals surface area contributed by atoms with Crippen LogP contribution in [-0.4, -0.2) is 12.1 Å². The summed E-state index contributed by atoms with van der Waals surface area (Å²) in [6, 6.07) is 9.24. The Bertz CT molecular complexity index is 636. The average molecular weight is 383 g/mol. The molecule has 96 valence electrons. The van der Waals surface area contributed by atoms with Gasteiger partial charge in [-0.25, -0.2) is 4.98 Å². The first kappa shape index (κ1) is 13.8. The number of nitrogens with zero attached hydrogens (tertiary/aromatic N) is 2. The summed E-state index contributed by atoms with van der Waals surface area (Å²) in [6.07, 6.45) is 1.52. The van der Waals surface area contributed by atoms with E-state index >= 15 is 0 Å². The topological polar surface area (TPSA) is 57.9 Å². The van der Waals surface area contributed by atoms with Crippen LogP contribution >= 0.6 is 31.9 Å². The third-order valence-electron chi connectivity index (χ3n) is 2.40. The monoisotopic (exact) mass is 381 g/mol. The Morgan fingerprint density at radius 1 is 1.26 bits per heavy atom. The summed E-state index contributed by atoms with van der Waals surface area (Å²) in [5.74, 6) is 1.38. The normalized spacial score (nSPS) is 9.79. The molecule has 0 aliphatic rings. The van der Waals surface area contributed by atoms with Crippen LogP contribution in [0.3, 0.4) is 0 Å². The lowest BCUT2D eigenvalue weighted by molar-refractivity contribution is 0.412. The minimum atomic E-state index is 0.526. The summed E-state index contributed by atoms with van der Waals surface area (Å²) < 4.78 is 6.99. The van der Waals surface area contributed by atoms with Gasteiger partial charge >= 0.3 is 0 Å². The first-order chi connectivity index (χ1) is 9.13. The maximum atomic E-state index is 8.72. The summed E-state index contributed by atoms with van der Waals surface area (Å²) >= 11 is 6.88. The van der Waals surface area contributed by atoms with Gasteiger partial charge in [0.25, 0.3) is 0 Å². The molecule has 0 fully saturated rings. The van der Waals surface area contributed by atoms with Gasteiger partial charge in [0, 0.05) is 16.7 Å². The molecule has 0 amide bonds. The number of nitriles is 1. The zero-order valence-corrected chi connectivity index (χ0v) is 13.1. The van der Waals surface area contributed by atoms with Crippen LogP contribution in [0.4, 0.5) is 11.5 Å². The Morgan fingerprint density at radius 3 is 2.63 bits per heavy atom. The van der Waals surface area contributed by atoms with Crippen molar-refractivity contribution in [2.24, 2.45) is 0 Å². The smallest absolute Gasteiger partial charge is 0.135 e. The number of anilines is 2. The molecular formula is C13H9Br2N3O. The number of halogens is 2. The van der Waals surface area contributed by atoms with Crippen LogP contribution in [0.2, 0.25) is 0 Å². The molecule has 2 aromatic rings. The van der Waals surface area contributed by atoms with Crippen molar-refractivity contribution in [1.29, 1.82) is 5.26 Å². The summed E-state index contributed by atoms with van der Waals surface area (Å²) in [7, 11) is 1.61. The van der Waals surface area contributed by atoms with Crippen molar-refractivity contribution in [2.75, 3.05) is 12.4 Å². The molecule has 4 nitrogen and oxygen atoms in total. The molecular weight excluding hydrogens is 374 g/mol. The number of benzene rings is 1. The molecule has 0 saturated carbocycles. The molecule has 0 unspecified atom stereocenters. The Labute approximate surface area is 127 Å². The molecule has 0 aliphatic carbocycles. The highest BCUT2D eigenvalue weighted by molar-refractivity contribution is 9.11. The van der Waals surface area contributed by atoms with Crippen LogP contribution in [-0.2, 0) is 0 Å². The van der Waals surface area contributed by atoms with Crippen LogP contribution in [0, 0.1) is 11.3 Å². The zero-order chi connectivity index (χ0) is 13.8. The fraction of sp³-hybridized carbons (Fsp3) is 0.0769. The number of methoxy groups -OCH3 is 1. The molecule has 6 heteroatoms. The summed E-state index contributed by atoms with van der Waals surface area (Å²) in [4.78, 5) is 4.16. The highest BCUT2D eigenvalue weighted by atomic mass is 79.9. The fourth-order valence-corrected chi connectivity index (χ4v) is 2.71. The second-order valence-electron chi connectivity index (χ2n) is 3.64. The van der Waals surface area contributed by atoms with Crippen molar-refractivity contribution < 1.29 is 4.74 Å². The summed E-state index contributed by atoms with van der Waals surface area (Å²) in [5.41, 5.74) is 1.36. The van der Waals surface area contributed by atoms with Gasteiger partial charge in [0.15, 0.2) is 0 Å². The van der Waals surface area contributed by atoms with Gasteiger partial charge in [-0.15, -0.1) is 0 Å². The molecule has 0 spiro atoms. The molecule has 0 bridgehead atoms. The minimum absolute atomic E-state index is 0.526. The van der Waals surface area contributed by atoms with E-state index in [-0.39, 0.29) is 0 Å². The van der Waals surface area contributed by atoms with Gasteiger partial charge in [-0.3, -0.25) is 0 Å². The molecule has 1 heterocycles. The first-order valence-electron chi connectivity index (χ1n) is 5.30. The number of aromatic nitrogens is 1. The van der Waals surface area contributed by atoms with E-state index in [4.69, 9.17) is 10.00 Å². The minimum Gasteiger partial charge on any atom is -0.495 e. The Kier molecular flexibility index (Phi) is 4.40. The summed E-state index contributed by atoms with van der Waals surface area (Å²) in [6.45, 7) is 0. The van der Waals surface area contributed by atoms with Crippen molar-refractivity contribution in [3.63, 3.8) is 0 Å². The predicted octanol–water partition coefficient (Wildman–Crippen LogP) is 4.23. The first-order valence-corrected chi connectivity index (χ1v) is 6.89. The van der Waals surface area contributed by atoms with E-state index < -0.39 is 0 Å². The molecule has 2 rings (SSSR count). The number of hydrogen-bond acceptors (Lipinski definition) is 4. The van der Waals surface area contributed by atoms with Crippen LogP contribution in [0.5, 0.6) is 5.75 Å². The second kappa shape index (κ2) is 6.04. The zero-order valence-electron chi connectivity index (χ0n) is 9.95.